The lowest BCUT2D eigenvalue weighted by molar-refractivity contribution is 0.569. The predicted octanol–water partition coefficient (Wildman–Crippen LogP) is 23.7. The van der Waals surface area contributed by atoms with Crippen LogP contribution in [0, 0.1) is 11.3 Å². The average Bonchev–Trinajstić information content (AvgIpc) is 1.40. The van der Waals surface area contributed by atoms with Crippen molar-refractivity contribution in [2.75, 3.05) is 9.80 Å². The van der Waals surface area contributed by atoms with Gasteiger partial charge in [-0.15, -0.1) is 0 Å². The summed E-state index contributed by atoms with van der Waals surface area (Å²) in [6.07, 6.45) is 0. The molecule has 2 aliphatic rings. The molecule has 0 aliphatic carbocycles. The van der Waals surface area contributed by atoms with Crippen LogP contribution < -0.4 is 26.2 Å². The first kappa shape index (κ1) is 50.9. The van der Waals surface area contributed by atoms with Gasteiger partial charge in [0.1, 0.15) is 6.07 Å². The van der Waals surface area contributed by atoms with Crippen LogP contribution in [0.5, 0.6) is 0 Å². The van der Waals surface area contributed by atoms with Crippen molar-refractivity contribution in [1.29, 1.82) is 5.26 Å². The minimum atomic E-state index is -0.716. The summed E-state index contributed by atoms with van der Waals surface area (Å²) < 4.78 is 117. The molecule has 490 valence electrons. The van der Waals surface area contributed by atoms with Crippen molar-refractivity contribution in [2.24, 2.45) is 0 Å². The lowest BCUT2D eigenvalue weighted by Crippen LogP contribution is -2.61. The van der Waals surface area contributed by atoms with Gasteiger partial charge in [-0.1, -0.05) is 277 Å². The fourth-order valence-electron chi connectivity index (χ4n) is 15.4. The molecule has 0 saturated heterocycles. The molecule has 101 heavy (non-hydrogen) atoms. The Bertz CT molecular complexity index is 6490. The van der Waals surface area contributed by atoms with E-state index in [9.17, 15) is 17.6 Å². The summed E-state index contributed by atoms with van der Waals surface area (Å²) in [7, 11) is 0. The van der Waals surface area contributed by atoms with Gasteiger partial charge in [0.2, 0.25) is 0 Å². The molecule has 17 rings (SSSR count). The molecule has 0 unspecified atom stereocenters. The summed E-state index contributed by atoms with van der Waals surface area (Å²) in [5.74, 6) is 0. The lowest BCUT2D eigenvalue weighted by Gasteiger charge is -2.46. The molecule has 0 amide bonds. The SMILES string of the molecule is [2H]c1c([2H])c([2H])c(-c2c([2H])c([2H])c([2H])c3c2c2c([2H])c([2H])c([2H])c([2H])c2n3-c2ccc3c(c2)N(c2cc(-n4c5ccccc5c5ccccc54)ccc2C#N)c2cc(C(C)(C)C)cc4c2B3c2ccc(-c3cc(C(C)(C)C)cc(C(C)(C)C)c3)cc2N4c2c(-c3ccccc3)cc(C(C)(C)C)cc2-c2ccccc2)c([2H])c1[2H]. The summed E-state index contributed by atoms with van der Waals surface area (Å²) in [4.78, 5) is 4.69. The summed E-state index contributed by atoms with van der Waals surface area (Å²) in [6.45, 7) is 26.4. The molecule has 0 atom stereocenters. The van der Waals surface area contributed by atoms with Crippen LogP contribution in [0.25, 0.3) is 99.5 Å². The zero-order valence-electron chi connectivity index (χ0n) is 70.9. The van der Waals surface area contributed by atoms with Gasteiger partial charge in [0.15, 0.2) is 0 Å². The summed E-state index contributed by atoms with van der Waals surface area (Å²) in [5.41, 5.74) is 18.6. The molecule has 4 heterocycles. The second-order valence-corrected chi connectivity index (χ2v) is 31.2. The van der Waals surface area contributed by atoms with Crippen molar-refractivity contribution >= 4 is 101 Å². The van der Waals surface area contributed by atoms with Gasteiger partial charge in [-0.3, -0.25) is 0 Å². The number of rotatable bonds is 8. The van der Waals surface area contributed by atoms with Gasteiger partial charge in [-0.05, 0) is 179 Å². The van der Waals surface area contributed by atoms with E-state index in [-0.39, 0.29) is 49.3 Å². The van der Waals surface area contributed by atoms with Gasteiger partial charge in [0, 0.05) is 66.8 Å². The molecule has 15 aromatic rings. The van der Waals surface area contributed by atoms with E-state index in [4.69, 9.17) is 4.11 Å². The van der Waals surface area contributed by atoms with Gasteiger partial charge >= 0.3 is 0 Å². The highest BCUT2D eigenvalue weighted by Crippen LogP contribution is 2.54. The quantitative estimate of drug-likeness (QED) is 0.142. The summed E-state index contributed by atoms with van der Waals surface area (Å²) >= 11 is 0. The number of benzene rings is 13. The van der Waals surface area contributed by atoms with E-state index < -0.39 is 90.2 Å². The Hall–Kier alpha value is -11.4. The number of aromatic nitrogens is 2. The molecule has 5 nitrogen and oxygen atoms in total. The largest absolute Gasteiger partial charge is 0.310 e. The van der Waals surface area contributed by atoms with E-state index in [2.05, 4.69) is 255 Å². The highest BCUT2D eigenvalue weighted by molar-refractivity contribution is 7.00. The molecule has 0 bridgehead atoms. The maximum atomic E-state index is 12.0. The Balaban J connectivity index is 1.06. The van der Waals surface area contributed by atoms with Crippen LogP contribution in [0.4, 0.5) is 34.1 Å². The second-order valence-electron chi connectivity index (χ2n) is 31.2. The van der Waals surface area contributed by atoms with Crippen LogP contribution in [0.3, 0.4) is 0 Å². The first-order chi connectivity index (χ1) is 53.6. The van der Waals surface area contributed by atoms with E-state index >= 15 is 0 Å². The molecular formula is C95H82BN5. The second kappa shape index (κ2) is 23.4. The van der Waals surface area contributed by atoms with Crippen LogP contribution in [-0.2, 0) is 21.7 Å². The maximum Gasteiger partial charge on any atom is 0.252 e. The van der Waals surface area contributed by atoms with Crippen molar-refractivity contribution in [3.63, 3.8) is 0 Å². The number of hydrogen-bond donors (Lipinski definition) is 0. The van der Waals surface area contributed by atoms with E-state index in [0.29, 0.717) is 16.9 Å². The molecule has 0 spiro atoms. The monoisotopic (exact) mass is 1320 g/mol. The van der Waals surface area contributed by atoms with E-state index in [0.717, 1.165) is 111 Å². The average molecular weight is 1320 g/mol. The van der Waals surface area contributed by atoms with Gasteiger partial charge < -0.3 is 18.9 Å². The highest BCUT2D eigenvalue weighted by Gasteiger charge is 2.46. The van der Waals surface area contributed by atoms with Gasteiger partial charge in [0.25, 0.3) is 6.71 Å². The van der Waals surface area contributed by atoms with E-state index in [1.807, 2.05) is 54.6 Å². The minimum absolute atomic E-state index is 0.138. The molecule has 0 saturated carbocycles. The number of para-hydroxylation sites is 3. The Morgan fingerprint density at radius 1 is 0.337 bits per heavy atom. The van der Waals surface area contributed by atoms with Gasteiger partial charge in [-0.2, -0.15) is 5.26 Å². The molecule has 0 radical (unpaired) electrons. The summed E-state index contributed by atoms with van der Waals surface area (Å²) in [6, 6.07) is 67.8. The van der Waals surface area contributed by atoms with E-state index in [1.54, 1.807) is 0 Å². The first-order valence-electron chi connectivity index (χ1n) is 40.8. The molecular weight excluding hydrogens is 1220 g/mol. The molecule has 2 aromatic heterocycles. The van der Waals surface area contributed by atoms with Crippen LogP contribution in [0.1, 0.15) is 127 Å². The fourth-order valence-corrected chi connectivity index (χ4v) is 15.4. The fraction of sp³-hybridized carbons (Fsp3) is 0.168. The Labute approximate surface area is 611 Å². The maximum absolute atomic E-state index is 12.0. The minimum Gasteiger partial charge on any atom is -0.310 e. The third-order valence-electron chi connectivity index (χ3n) is 20.7. The smallest absolute Gasteiger partial charge is 0.252 e. The normalized spacial score (nSPS) is 14.7. The van der Waals surface area contributed by atoms with Crippen molar-refractivity contribution < 1.29 is 16.4 Å². The zero-order valence-corrected chi connectivity index (χ0v) is 58.9. The van der Waals surface area contributed by atoms with Crippen molar-refractivity contribution in [2.45, 2.75) is 105 Å². The van der Waals surface area contributed by atoms with Crippen LogP contribution in [0.2, 0.25) is 0 Å². The zero-order chi connectivity index (χ0) is 80.0. The van der Waals surface area contributed by atoms with Crippen molar-refractivity contribution in [3.05, 3.63) is 307 Å². The van der Waals surface area contributed by atoms with E-state index in [1.165, 1.54) is 15.7 Å². The number of fused-ring (bicyclic) bond motifs is 10. The molecule has 2 aliphatic heterocycles. The number of nitriles is 1. The van der Waals surface area contributed by atoms with Crippen LogP contribution in [-0.4, -0.2) is 15.8 Å². The Morgan fingerprint density at radius 2 is 0.822 bits per heavy atom. The molecule has 0 fully saturated rings. The third kappa shape index (κ3) is 10.4. The summed E-state index contributed by atoms with van der Waals surface area (Å²) in [5, 5.41) is 13.8. The standard InChI is InChI=1S/C95H82BN5/c1-92(2,3)66-49-65(50-67(52-66)93(4,5)6)63-44-47-78-85(51-63)101(91-76(61-31-18-14-19-32-61)53-68(94(7,8)9)54-77(91)62-33-20-15-21-34-62)88-56-69(95(10,11)12)55-87-90(88)96(78)79-48-46-71(99-82-41-27-24-37-75(82)89-72(38-28-42-83(89)99)60-29-16-13-17-30-60)58-86(79)100(87)84-57-70(45-43-64(84)59-97)98-80-39-25-22-35-73(80)74-36-23-26-40-81(74)98/h13-58H,1-12H3/i13D,16D,17D,24D,27D,28D,29D,30D,37D,38D,41D,42D. The van der Waals surface area contributed by atoms with Crippen molar-refractivity contribution in [3.8, 4) is 62.0 Å². The number of nitrogens with zero attached hydrogens (tertiary/aromatic N) is 5. The number of anilines is 6. The lowest BCUT2D eigenvalue weighted by atomic mass is 9.33. The van der Waals surface area contributed by atoms with Crippen LogP contribution >= 0.6 is 0 Å². The molecule has 13 aromatic carbocycles. The third-order valence-corrected chi connectivity index (χ3v) is 20.7. The highest BCUT2D eigenvalue weighted by atomic mass is 15.2. The number of hydrogen-bond acceptors (Lipinski definition) is 3. The van der Waals surface area contributed by atoms with Gasteiger partial charge in [-0.25, -0.2) is 0 Å². The topological polar surface area (TPSA) is 40.1 Å². The Kier molecular flexibility index (Phi) is 11.8. The van der Waals surface area contributed by atoms with Gasteiger partial charge in [0.05, 0.1) is 55.5 Å². The molecule has 0 N–H and O–H groups in total. The van der Waals surface area contributed by atoms with Crippen LogP contribution in [0.15, 0.2) is 279 Å². The van der Waals surface area contributed by atoms with Crippen molar-refractivity contribution in [1.82, 2.24) is 9.13 Å². The first-order valence-corrected chi connectivity index (χ1v) is 34.8. The predicted molar refractivity (Wildman–Crippen MR) is 430 cm³/mol. The Morgan fingerprint density at radius 3 is 1.42 bits per heavy atom. The molecule has 6 heteroatoms.